The third-order valence-electron chi connectivity index (χ3n) is 4.61. The summed E-state index contributed by atoms with van der Waals surface area (Å²) in [5.74, 6) is 0.257. The lowest BCUT2D eigenvalue weighted by Crippen LogP contribution is -2.42. The molecule has 0 saturated carbocycles. The van der Waals surface area contributed by atoms with Crippen molar-refractivity contribution in [2.45, 2.75) is 18.9 Å². The molecule has 1 aliphatic rings. The highest BCUT2D eigenvalue weighted by molar-refractivity contribution is 6.03. The Hall–Kier alpha value is -3.16. The zero-order chi connectivity index (χ0) is 17.4. The highest BCUT2D eigenvalue weighted by Gasteiger charge is 2.32. The molecule has 3 aromatic heterocycles. The zero-order valence-electron chi connectivity index (χ0n) is 13.9. The van der Waals surface area contributed by atoms with Crippen LogP contribution in [0.5, 0.6) is 0 Å². The summed E-state index contributed by atoms with van der Waals surface area (Å²) in [7, 11) is 1.67. The van der Waals surface area contributed by atoms with E-state index >= 15 is 0 Å². The summed E-state index contributed by atoms with van der Waals surface area (Å²) in [4.78, 5) is 30.3. The maximum Gasteiger partial charge on any atom is 0.242 e. The number of likely N-dealkylation sites (N-methyl/N-ethyl adjacent to an activating group) is 1. The Morgan fingerprint density at radius 1 is 1.36 bits per heavy atom. The SMILES string of the molecule is CNC(=O)[C@@H]1CCCN1c1ccnc2[nH]cc(-c3ccnc(N)n3)c12. The summed E-state index contributed by atoms with van der Waals surface area (Å²) >= 11 is 0. The number of rotatable bonds is 3. The van der Waals surface area contributed by atoms with Gasteiger partial charge >= 0.3 is 0 Å². The highest BCUT2D eigenvalue weighted by atomic mass is 16.2. The Bertz CT molecular complexity index is 936. The van der Waals surface area contributed by atoms with Crippen molar-refractivity contribution < 1.29 is 4.79 Å². The first-order valence-corrected chi connectivity index (χ1v) is 8.22. The number of fused-ring (bicyclic) bond motifs is 1. The molecule has 0 radical (unpaired) electrons. The fourth-order valence-corrected chi connectivity index (χ4v) is 3.50. The second-order valence-electron chi connectivity index (χ2n) is 6.02. The van der Waals surface area contributed by atoms with Gasteiger partial charge < -0.3 is 20.9 Å². The van der Waals surface area contributed by atoms with E-state index in [1.54, 1.807) is 19.4 Å². The minimum absolute atomic E-state index is 0.0332. The molecule has 25 heavy (non-hydrogen) atoms. The number of hydrogen-bond acceptors (Lipinski definition) is 6. The van der Waals surface area contributed by atoms with Crippen LogP contribution in [0, 0.1) is 0 Å². The molecular formula is C17H19N7O. The van der Waals surface area contributed by atoms with Gasteiger partial charge in [-0.2, -0.15) is 0 Å². The molecule has 1 fully saturated rings. The molecule has 8 heteroatoms. The van der Waals surface area contributed by atoms with Crippen LogP contribution < -0.4 is 16.0 Å². The van der Waals surface area contributed by atoms with Gasteiger partial charge in [0.05, 0.1) is 16.8 Å². The van der Waals surface area contributed by atoms with Crippen LogP contribution in [0.3, 0.4) is 0 Å². The third kappa shape index (κ3) is 2.55. The van der Waals surface area contributed by atoms with Gasteiger partial charge in [-0.05, 0) is 25.0 Å². The van der Waals surface area contributed by atoms with Gasteiger partial charge in [0.2, 0.25) is 11.9 Å². The average Bonchev–Trinajstić information content (AvgIpc) is 3.28. The number of nitrogens with zero attached hydrogens (tertiary/aromatic N) is 4. The van der Waals surface area contributed by atoms with Crippen molar-refractivity contribution in [2.75, 3.05) is 24.2 Å². The molecule has 1 amide bonds. The number of aromatic amines is 1. The van der Waals surface area contributed by atoms with Gasteiger partial charge in [-0.3, -0.25) is 4.79 Å². The summed E-state index contributed by atoms with van der Waals surface area (Å²) in [6, 6.07) is 3.59. The molecule has 4 rings (SSSR count). The Kier molecular flexibility index (Phi) is 3.72. The van der Waals surface area contributed by atoms with Crippen LogP contribution >= 0.6 is 0 Å². The Balaban J connectivity index is 1.88. The molecule has 0 bridgehead atoms. The van der Waals surface area contributed by atoms with Crippen LogP contribution in [0.15, 0.2) is 30.7 Å². The van der Waals surface area contributed by atoms with E-state index in [9.17, 15) is 4.79 Å². The molecule has 0 spiro atoms. The van der Waals surface area contributed by atoms with Crippen molar-refractivity contribution in [1.82, 2.24) is 25.3 Å². The maximum absolute atomic E-state index is 12.3. The predicted molar refractivity (Wildman–Crippen MR) is 96.0 cm³/mol. The first-order chi connectivity index (χ1) is 12.2. The summed E-state index contributed by atoms with van der Waals surface area (Å²) in [5, 5.41) is 3.70. The van der Waals surface area contributed by atoms with E-state index < -0.39 is 0 Å². The molecule has 1 aliphatic heterocycles. The van der Waals surface area contributed by atoms with Gasteiger partial charge in [-0.1, -0.05) is 0 Å². The van der Waals surface area contributed by atoms with E-state index in [2.05, 4.69) is 30.2 Å². The summed E-state index contributed by atoms with van der Waals surface area (Å²) in [6.07, 6.45) is 7.07. The van der Waals surface area contributed by atoms with E-state index in [1.807, 2.05) is 18.3 Å². The van der Waals surface area contributed by atoms with Crippen LogP contribution in [-0.2, 0) is 4.79 Å². The van der Waals surface area contributed by atoms with Gasteiger partial charge in [-0.25, -0.2) is 15.0 Å². The van der Waals surface area contributed by atoms with E-state index in [0.717, 1.165) is 47.4 Å². The molecule has 4 N–H and O–H groups in total. The van der Waals surface area contributed by atoms with Crippen molar-refractivity contribution in [3.05, 3.63) is 30.7 Å². The minimum atomic E-state index is -0.172. The monoisotopic (exact) mass is 337 g/mol. The topological polar surface area (TPSA) is 113 Å². The molecular weight excluding hydrogens is 318 g/mol. The van der Waals surface area contributed by atoms with Crippen molar-refractivity contribution in [1.29, 1.82) is 0 Å². The number of amides is 1. The number of nitrogen functional groups attached to an aromatic ring is 1. The van der Waals surface area contributed by atoms with E-state index in [-0.39, 0.29) is 17.9 Å². The lowest BCUT2D eigenvalue weighted by atomic mass is 10.1. The number of hydrogen-bond donors (Lipinski definition) is 3. The second-order valence-corrected chi connectivity index (χ2v) is 6.02. The Morgan fingerprint density at radius 2 is 2.20 bits per heavy atom. The van der Waals surface area contributed by atoms with Gasteiger partial charge in [0, 0.05) is 37.7 Å². The minimum Gasteiger partial charge on any atom is -0.368 e. The number of nitrogens with one attached hydrogen (secondary N) is 2. The molecule has 128 valence electrons. The largest absolute Gasteiger partial charge is 0.368 e. The second kappa shape index (κ2) is 6.04. The van der Waals surface area contributed by atoms with Crippen LogP contribution in [-0.4, -0.2) is 45.5 Å². The zero-order valence-corrected chi connectivity index (χ0v) is 13.9. The maximum atomic E-state index is 12.3. The Labute approximate surface area is 144 Å². The molecule has 1 saturated heterocycles. The van der Waals surface area contributed by atoms with Crippen molar-refractivity contribution >= 4 is 28.6 Å². The number of pyridine rings is 1. The van der Waals surface area contributed by atoms with Crippen molar-refractivity contribution in [2.24, 2.45) is 0 Å². The third-order valence-corrected chi connectivity index (χ3v) is 4.61. The fraction of sp³-hybridized carbons (Fsp3) is 0.294. The van der Waals surface area contributed by atoms with Crippen LogP contribution in [0.1, 0.15) is 12.8 Å². The standard InChI is InChI=1S/C17H19N7O/c1-19-16(25)13-3-2-8-24(13)12-5-7-20-15-14(12)10(9-22-15)11-4-6-21-17(18)23-11/h4-7,9,13H,2-3,8H2,1H3,(H,19,25)(H,20,22)(H2,18,21,23)/t13-/m0/s1. The van der Waals surface area contributed by atoms with Gasteiger partial charge in [-0.15, -0.1) is 0 Å². The summed E-state index contributed by atoms with van der Waals surface area (Å²) in [6.45, 7) is 0.827. The normalized spacial score (nSPS) is 17.2. The van der Waals surface area contributed by atoms with Gasteiger partial charge in [0.15, 0.2) is 0 Å². The highest BCUT2D eigenvalue weighted by Crippen LogP contribution is 2.37. The Morgan fingerprint density at radius 3 is 3.00 bits per heavy atom. The molecule has 0 unspecified atom stereocenters. The number of aromatic nitrogens is 4. The van der Waals surface area contributed by atoms with Crippen LogP contribution in [0.25, 0.3) is 22.3 Å². The van der Waals surface area contributed by atoms with E-state index in [0.29, 0.717) is 0 Å². The quantitative estimate of drug-likeness (QED) is 0.664. The number of carbonyl (C=O) groups is 1. The average molecular weight is 337 g/mol. The molecule has 0 aliphatic carbocycles. The molecule has 1 atom stereocenters. The lowest BCUT2D eigenvalue weighted by molar-refractivity contribution is -0.121. The first-order valence-electron chi connectivity index (χ1n) is 8.22. The van der Waals surface area contributed by atoms with E-state index in [4.69, 9.17) is 5.73 Å². The fourth-order valence-electron chi connectivity index (χ4n) is 3.50. The molecule has 4 heterocycles. The van der Waals surface area contributed by atoms with Crippen molar-refractivity contribution in [3.8, 4) is 11.3 Å². The van der Waals surface area contributed by atoms with Crippen molar-refractivity contribution in [3.63, 3.8) is 0 Å². The first kappa shape index (κ1) is 15.4. The number of anilines is 2. The van der Waals surface area contributed by atoms with Gasteiger partial charge in [0.25, 0.3) is 0 Å². The molecule has 0 aromatic carbocycles. The summed E-state index contributed by atoms with van der Waals surface area (Å²) < 4.78 is 0. The predicted octanol–water partition coefficient (Wildman–Crippen LogP) is 1.32. The van der Waals surface area contributed by atoms with Crippen LogP contribution in [0.4, 0.5) is 11.6 Å². The number of nitrogens with two attached hydrogens (primary N) is 1. The number of carbonyl (C=O) groups excluding carboxylic acids is 1. The van der Waals surface area contributed by atoms with E-state index in [1.165, 1.54) is 0 Å². The molecule has 8 nitrogen and oxygen atoms in total. The summed E-state index contributed by atoms with van der Waals surface area (Å²) in [5.41, 5.74) is 9.09. The van der Waals surface area contributed by atoms with Crippen LogP contribution in [0.2, 0.25) is 0 Å². The molecule has 3 aromatic rings. The van der Waals surface area contributed by atoms with Gasteiger partial charge in [0.1, 0.15) is 11.7 Å². The smallest absolute Gasteiger partial charge is 0.242 e. The lowest BCUT2D eigenvalue weighted by Gasteiger charge is -2.26. The number of H-pyrrole nitrogens is 1.